The number of carbonyl (C=O) groups is 2. The zero-order chi connectivity index (χ0) is 19.6. The lowest BCUT2D eigenvalue weighted by Crippen LogP contribution is -2.17. The first kappa shape index (κ1) is 20.2. The van der Waals surface area contributed by atoms with Crippen molar-refractivity contribution in [2.45, 2.75) is 39.5 Å². The maximum absolute atomic E-state index is 12.7. The van der Waals surface area contributed by atoms with Crippen LogP contribution in [0.4, 0.5) is 5.00 Å². The lowest BCUT2D eigenvalue weighted by atomic mass is 9.85. The molecule has 27 heavy (non-hydrogen) atoms. The smallest absolute Gasteiger partial charge is 0.341 e. The Bertz CT molecular complexity index is 878. The second kappa shape index (κ2) is 8.63. The molecule has 1 atom stereocenters. The van der Waals surface area contributed by atoms with Gasteiger partial charge in [0.1, 0.15) is 5.00 Å². The van der Waals surface area contributed by atoms with Crippen molar-refractivity contribution < 1.29 is 14.3 Å². The molecule has 3 rings (SSSR count). The lowest BCUT2D eigenvalue weighted by molar-refractivity contribution is 0.0526. The molecule has 1 amide bonds. The Morgan fingerprint density at radius 1 is 1.30 bits per heavy atom. The highest BCUT2D eigenvalue weighted by Gasteiger charge is 2.30. The summed E-state index contributed by atoms with van der Waals surface area (Å²) in [6.07, 6.45) is 3.91. The molecular formula is C20H21Cl2NO3S. The normalized spacial score (nSPS) is 15.9. The lowest BCUT2D eigenvalue weighted by Gasteiger charge is -2.20. The third kappa shape index (κ3) is 4.31. The van der Waals surface area contributed by atoms with Gasteiger partial charge in [-0.25, -0.2) is 4.79 Å². The first-order valence-corrected chi connectivity index (χ1v) is 10.6. The van der Waals surface area contributed by atoms with Gasteiger partial charge in [-0.05, 0) is 55.9 Å². The summed E-state index contributed by atoms with van der Waals surface area (Å²) in [5, 5.41) is 4.13. The van der Waals surface area contributed by atoms with E-state index >= 15 is 0 Å². The van der Waals surface area contributed by atoms with Gasteiger partial charge in [0.05, 0.1) is 22.8 Å². The summed E-state index contributed by atoms with van der Waals surface area (Å²) in [5.74, 6) is -0.143. The molecule has 1 heterocycles. The maximum atomic E-state index is 12.7. The second-order valence-electron chi connectivity index (χ2n) is 6.52. The number of fused-ring (bicyclic) bond motifs is 1. The van der Waals surface area contributed by atoms with Crippen molar-refractivity contribution in [3.8, 4) is 0 Å². The van der Waals surface area contributed by atoms with Gasteiger partial charge in [-0.1, -0.05) is 36.5 Å². The summed E-state index contributed by atoms with van der Waals surface area (Å²) in [4.78, 5) is 26.5. The van der Waals surface area contributed by atoms with Gasteiger partial charge in [0, 0.05) is 9.90 Å². The van der Waals surface area contributed by atoms with Crippen LogP contribution in [0.25, 0.3) is 0 Å². The summed E-state index contributed by atoms with van der Waals surface area (Å²) < 4.78 is 5.25. The minimum Gasteiger partial charge on any atom is -0.462 e. The minimum atomic E-state index is -0.387. The van der Waals surface area contributed by atoms with Gasteiger partial charge in [0.2, 0.25) is 0 Å². The number of nitrogens with one attached hydrogen (secondary N) is 1. The van der Waals surface area contributed by atoms with Crippen molar-refractivity contribution >= 4 is 51.4 Å². The van der Waals surface area contributed by atoms with Crippen LogP contribution in [-0.2, 0) is 17.6 Å². The quantitative estimate of drug-likeness (QED) is 0.597. The van der Waals surface area contributed by atoms with Gasteiger partial charge in [-0.15, -0.1) is 11.3 Å². The van der Waals surface area contributed by atoms with E-state index in [2.05, 4.69) is 12.2 Å². The van der Waals surface area contributed by atoms with Crippen molar-refractivity contribution in [3.63, 3.8) is 0 Å². The van der Waals surface area contributed by atoms with Gasteiger partial charge < -0.3 is 10.1 Å². The molecule has 1 N–H and O–H groups in total. The van der Waals surface area contributed by atoms with E-state index in [0.29, 0.717) is 27.1 Å². The Balaban J connectivity index is 1.95. The molecule has 1 aliphatic carbocycles. The largest absolute Gasteiger partial charge is 0.462 e. The van der Waals surface area contributed by atoms with E-state index < -0.39 is 0 Å². The van der Waals surface area contributed by atoms with E-state index in [-0.39, 0.29) is 23.5 Å². The molecule has 0 saturated heterocycles. The Morgan fingerprint density at radius 3 is 2.74 bits per heavy atom. The maximum Gasteiger partial charge on any atom is 0.341 e. The van der Waals surface area contributed by atoms with Crippen LogP contribution >= 0.6 is 34.5 Å². The number of rotatable bonds is 5. The van der Waals surface area contributed by atoms with E-state index in [1.165, 1.54) is 17.4 Å². The summed E-state index contributed by atoms with van der Waals surface area (Å²) in [6.45, 7) is 4.24. The van der Waals surface area contributed by atoms with Crippen LogP contribution < -0.4 is 5.32 Å². The average molecular weight is 426 g/mol. The van der Waals surface area contributed by atoms with Gasteiger partial charge >= 0.3 is 5.97 Å². The summed E-state index contributed by atoms with van der Waals surface area (Å²) >= 11 is 13.5. The summed E-state index contributed by atoms with van der Waals surface area (Å²) in [5.41, 5.74) is 1.82. The fraction of sp³-hybridized carbons (Fsp3) is 0.400. The zero-order valence-electron chi connectivity index (χ0n) is 15.2. The Labute approximate surface area is 172 Å². The highest BCUT2D eigenvalue weighted by atomic mass is 35.5. The molecule has 0 bridgehead atoms. The van der Waals surface area contributed by atoms with E-state index in [1.807, 2.05) is 0 Å². The number of halogens is 2. The standard InChI is InChI=1S/C20H21Cl2NO3S/c1-3-11-5-7-14-16(9-11)27-19(17(14)20(25)26-4-2)23-18(24)13-8-6-12(21)10-15(13)22/h6,8,10-11H,3-5,7,9H2,1-2H3,(H,23,24). The number of hydrogen-bond acceptors (Lipinski definition) is 4. The van der Waals surface area contributed by atoms with Gasteiger partial charge in [-0.3, -0.25) is 4.79 Å². The Morgan fingerprint density at radius 2 is 2.07 bits per heavy atom. The second-order valence-corrected chi connectivity index (χ2v) is 8.47. The first-order valence-electron chi connectivity index (χ1n) is 9.02. The number of hydrogen-bond donors (Lipinski definition) is 1. The number of anilines is 1. The zero-order valence-corrected chi connectivity index (χ0v) is 17.6. The molecule has 0 aliphatic heterocycles. The highest BCUT2D eigenvalue weighted by Crippen LogP contribution is 2.41. The molecule has 0 saturated carbocycles. The van der Waals surface area contributed by atoms with E-state index in [9.17, 15) is 9.59 Å². The van der Waals surface area contributed by atoms with E-state index in [1.54, 1.807) is 19.1 Å². The van der Waals surface area contributed by atoms with E-state index in [4.69, 9.17) is 27.9 Å². The highest BCUT2D eigenvalue weighted by molar-refractivity contribution is 7.17. The van der Waals surface area contributed by atoms with Crippen molar-refractivity contribution in [1.82, 2.24) is 0 Å². The van der Waals surface area contributed by atoms with Crippen molar-refractivity contribution in [1.29, 1.82) is 0 Å². The molecule has 1 aliphatic rings. The van der Waals surface area contributed by atoms with Crippen molar-refractivity contribution in [2.75, 3.05) is 11.9 Å². The molecule has 1 aromatic heterocycles. The molecule has 144 valence electrons. The van der Waals surface area contributed by atoms with E-state index in [0.717, 1.165) is 36.1 Å². The number of benzene rings is 1. The van der Waals surface area contributed by atoms with Crippen LogP contribution in [0.1, 0.15) is 57.8 Å². The Kier molecular flexibility index (Phi) is 6.45. The number of ether oxygens (including phenoxy) is 1. The molecule has 7 heteroatoms. The molecule has 4 nitrogen and oxygen atoms in total. The minimum absolute atomic E-state index is 0.269. The number of carbonyl (C=O) groups excluding carboxylic acids is 2. The molecule has 0 fully saturated rings. The molecule has 0 radical (unpaired) electrons. The van der Waals surface area contributed by atoms with Crippen LogP contribution in [0.15, 0.2) is 18.2 Å². The number of amides is 1. The van der Waals surface area contributed by atoms with Gasteiger partial charge in [-0.2, -0.15) is 0 Å². The monoisotopic (exact) mass is 425 g/mol. The fourth-order valence-corrected chi connectivity index (χ4v) is 5.19. The molecule has 1 unspecified atom stereocenters. The Hall–Kier alpha value is -1.56. The van der Waals surface area contributed by atoms with Crippen LogP contribution in [0.2, 0.25) is 10.0 Å². The van der Waals surface area contributed by atoms with Crippen molar-refractivity contribution in [2.24, 2.45) is 5.92 Å². The number of thiophene rings is 1. The van der Waals surface area contributed by atoms with Crippen LogP contribution in [0.3, 0.4) is 0 Å². The third-order valence-electron chi connectivity index (χ3n) is 4.83. The van der Waals surface area contributed by atoms with Crippen LogP contribution in [0, 0.1) is 5.92 Å². The SMILES string of the molecule is CCOC(=O)c1c(NC(=O)c2ccc(Cl)cc2Cl)sc2c1CCC(CC)C2. The topological polar surface area (TPSA) is 55.4 Å². The predicted molar refractivity (Wildman–Crippen MR) is 110 cm³/mol. The summed E-state index contributed by atoms with van der Waals surface area (Å²) in [6, 6.07) is 4.71. The summed E-state index contributed by atoms with van der Waals surface area (Å²) in [7, 11) is 0. The average Bonchev–Trinajstić information content (AvgIpc) is 2.98. The number of esters is 1. The van der Waals surface area contributed by atoms with Crippen LogP contribution in [0.5, 0.6) is 0 Å². The first-order chi connectivity index (χ1) is 12.9. The fourth-order valence-electron chi connectivity index (χ4n) is 3.35. The third-order valence-corrected chi connectivity index (χ3v) is 6.54. The molecule has 1 aromatic carbocycles. The molecule has 0 spiro atoms. The molecular weight excluding hydrogens is 405 g/mol. The van der Waals surface area contributed by atoms with Gasteiger partial charge in [0.15, 0.2) is 0 Å². The van der Waals surface area contributed by atoms with Gasteiger partial charge in [0.25, 0.3) is 5.91 Å². The predicted octanol–water partition coefficient (Wildman–Crippen LogP) is 6.00. The van der Waals surface area contributed by atoms with Crippen molar-refractivity contribution in [3.05, 3.63) is 49.8 Å². The van der Waals surface area contributed by atoms with Crippen LogP contribution in [-0.4, -0.2) is 18.5 Å². The molecule has 2 aromatic rings.